The van der Waals surface area contributed by atoms with E-state index in [1.54, 1.807) is 0 Å². The van der Waals surface area contributed by atoms with Crippen molar-refractivity contribution in [3.63, 3.8) is 0 Å². The van der Waals surface area contributed by atoms with Crippen LogP contribution >= 0.6 is 7.26 Å². The van der Waals surface area contributed by atoms with E-state index >= 15 is 0 Å². The zero-order valence-corrected chi connectivity index (χ0v) is 19.0. The third-order valence-electron chi connectivity index (χ3n) is 5.16. The fourth-order valence-corrected chi connectivity index (χ4v) is 7.62. The van der Waals surface area contributed by atoms with E-state index in [1.807, 2.05) is 0 Å². The Morgan fingerprint density at radius 3 is 1.56 bits per heavy atom. The second-order valence-corrected chi connectivity index (χ2v) is 10.6. The molecule has 0 saturated carbocycles. The van der Waals surface area contributed by atoms with E-state index in [0.29, 0.717) is 0 Å². The van der Waals surface area contributed by atoms with Crippen LogP contribution in [0, 0.1) is 0 Å². The molecule has 3 aromatic rings. The molecular formula is C28H26O3P+. The second-order valence-electron chi connectivity index (χ2n) is 7.08. The lowest BCUT2D eigenvalue weighted by Gasteiger charge is -2.26. The van der Waals surface area contributed by atoms with Crippen LogP contribution in [0.15, 0.2) is 128 Å². The maximum Gasteiger partial charge on any atom is 0.267 e. The average Bonchev–Trinajstić information content (AvgIpc) is 2.86. The minimum atomic E-state index is -1.67. The Morgan fingerprint density at radius 1 is 0.781 bits per heavy atom. The number of allylic oxidation sites excluding steroid dienone is 5. The maximum absolute atomic E-state index is 10.8. The first-order valence-electron chi connectivity index (χ1n) is 10.3. The van der Waals surface area contributed by atoms with Crippen LogP contribution in [0.4, 0.5) is 0 Å². The van der Waals surface area contributed by atoms with Crippen LogP contribution in [0.25, 0.3) is 0 Å². The van der Waals surface area contributed by atoms with Crippen molar-refractivity contribution in [2.24, 2.45) is 0 Å². The van der Waals surface area contributed by atoms with E-state index in [1.165, 1.54) is 41.3 Å². The number of hydrogen-bond donors (Lipinski definition) is 0. The normalized spacial score (nSPS) is 13.0. The number of carbonyl (C=O) groups excluding carboxylic acids is 2. The quantitative estimate of drug-likeness (QED) is 0.247. The number of ether oxygens (including phenoxy) is 1. The Balaban J connectivity index is 0.000000243. The molecule has 0 spiro atoms. The van der Waals surface area contributed by atoms with Crippen molar-refractivity contribution >= 4 is 34.7 Å². The molecule has 3 aromatic carbocycles. The summed E-state index contributed by atoms with van der Waals surface area (Å²) in [6.07, 6.45) is 7.21. The third kappa shape index (κ3) is 5.01. The highest BCUT2D eigenvalue weighted by Crippen LogP contribution is 2.55. The van der Waals surface area contributed by atoms with Gasteiger partial charge in [0.1, 0.15) is 23.2 Å². The van der Waals surface area contributed by atoms with Gasteiger partial charge in [0.25, 0.3) is 5.78 Å². The predicted octanol–water partition coefficient (Wildman–Crippen LogP) is 4.39. The summed E-state index contributed by atoms with van der Waals surface area (Å²) < 4.78 is 4.61. The molecular weight excluding hydrogens is 415 g/mol. The Hall–Kier alpha value is -3.55. The molecule has 0 saturated heterocycles. The summed E-state index contributed by atoms with van der Waals surface area (Å²) in [5, 5.41) is 4.23. The van der Waals surface area contributed by atoms with E-state index < -0.39 is 18.8 Å². The van der Waals surface area contributed by atoms with Gasteiger partial charge in [0, 0.05) is 0 Å². The maximum atomic E-state index is 10.8. The van der Waals surface area contributed by atoms with E-state index in [0.717, 1.165) is 6.16 Å². The van der Waals surface area contributed by atoms with Gasteiger partial charge in [0.15, 0.2) is 5.76 Å². The van der Waals surface area contributed by atoms with Gasteiger partial charge in [-0.2, -0.15) is 0 Å². The van der Waals surface area contributed by atoms with Crippen molar-refractivity contribution in [2.45, 2.75) is 0 Å². The molecule has 0 radical (unpaired) electrons. The number of hydrogen-bond acceptors (Lipinski definition) is 3. The van der Waals surface area contributed by atoms with Gasteiger partial charge in [-0.1, -0.05) is 73.3 Å². The molecule has 32 heavy (non-hydrogen) atoms. The van der Waals surface area contributed by atoms with Crippen molar-refractivity contribution in [1.29, 1.82) is 0 Å². The molecule has 0 N–H and O–H groups in total. The van der Waals surface area contributed by atoms with Crippen LogP contribution in [-0.2, 0) is 14.3 Å². The Labute approximate surface area is 190 Å². The van der Waals surface area contributed by atoms with Crippen LogP contribution in [-0.4, -0.2) is 24.8 Å². The molecule has 1 aliphatic rings. The highest BCUT2D eigenvalue weighted by molar-refractivity contribution is 7.95. The predicted molar refractivity (Wildman–Crippen MR) is 134 cm³/mol. The van der Waals surface area contributed by atoms with Gasteiger partial charge in [-0.15, -0.1) is 0 Å². The van der Waals surface area contributed by atoms with Gasteiger partial charge in [0.2, 0.25) is 5.78 Å². The molecule has 0 unspecified atom stereocenters. The highest BCUT2D eigenvalue weighted by atomic mass is 31.2. The largest absolute Gasteiger partial charge is 0.493 e. The number of ketones is 2. The van der Waals surface area contributed by atoms with E-state index in [9.17, 15) is 9.59 Å². The molecule has 0 amide bonds. The molecule has 0 bridgehead atoms. The second kappa shape index (κ2) is 11.2. The van der Waals surface area contributed by atoms with Crippen LogP contribution in [0.2, 0.25) is 0 Å². The van der Waals surface area contributed by atoms with Crippen molar-refractivity contribution in [1.82, 2.24) is 0 Å². The summed E-state index contributed by atoms with van der Waals surface area (Å²) in [6.45, 7) is 4.05. The van der Waals surface area contributed by atoms with E-state index in [2.05, 4.69) is 108 Å². The highest BCUT2D eigenvalue weighted by Gasteiger charge is 2.43. The number of methoxy groups -OCH3 is 1. The molecule has 0 aliphatic heterocycles. The smallest absolute Gasteiger partial charge is 0.267 e. The van der Waals surface area contributed by atoms with Crippen molar-refractivity contribution in [2.75, 3.05) is 13.3 Å². The Kier molecular flexibility index (Phi) is 8.08. The van der Waals surface area contributed by atoms with Crippen molar-refractivity contribution in [3.05, 3.63) is 128 Å². The summed E-state index contributed by atoms with van der Waals surface area (Å²) >= 11 is 0. The lowest BCUT2D eigenvalue weighted by molar-refractivity contribution is -0.133. The molecule has 0 atom stereocenters. The minimum absolute atomic E-state index is 0.104. The topological polar surface area (TPSA) is 43.4 Å². The first kappa shape index (κ1) is 23.1. The number of rotatable bonds is 6. The van der Waals surface area contributed by atoms with Gasteiger partial charge >= 0.3 is 0 Å². The number of carbonyl (C=O) groups is 2. The van der Waals surface area contributed by atoms with Gasteiger partial charge in [-0.3, -0.25) is 9.59 Å². The van der Waals surface area contributed by atoms with Crippen molar-refractivity contribution < 1.29 is 14.3 Å². The lowest BCUT2D eigenvalue weighted by Crippen LogP contribution is -2.32. The molecule has 3 nitrogen and oxygen atoms in total. The van der Waals surface area contributed by atoms with Crippen LogP contribution in [0.1, 0.15) is 0 Å². The summed E-state index contributed by atoms with van der Waals surface area (Å²) in [6, 6.07) is 32.7. The van der Waals surface area contributed by atoms with E-state index in [-0.39, 0.29) is 5.76 Å². The zero-order valence-electron chi connectivity index (χ0n) is 18.1. The molecule has 160 valence electrons. The first-order chi connectivity index (χ1) is 15.6. The van der Waals surface area contributed by atoms with Crippen LogP contribution in [0.5, 0.6) is 0 Å². The molecule has 4 rings (SSSR count). The molecule has 0 aromatic heterocycles. The number of benzene rings is 3. The standard InChI is InChI=1S/C21H20P.C7H6O3/c1-2-18-22(19-12-6-3-7-13-19,20-14-8-4-9-15-20)21-16-10-5-11-17-21;1-10-6-4-2-3-5(8)7(6)9/h2-17H,1,18H2;2-4H,1H3/q+1;. The van der Waals surface area contributed by atoms with Crippen LogP contribution in [0.3, 0.4) is 0 Å². The fourth-order valence-electron chi connectivity index (χ4n) is 3.66. The average molecular weight is 441 g/mol. The van der Waals surface area contributed by atoms with Gasteiger partial charge in [0.05, 0.1) is 13.3 Å². The Bertz CT molecular complexity index is 1020. The monoisotopic (exact) mass is 441 g/mol. The molecule has 0 fully saturated rings. The SMILES string of the molecule is C=CC[P+](c1ccccc1)(c1ccccc1)c1ccccc1.COC1=CC=CC(=O)C1=O. The summed E-state index contributed by atoms with van der Waals surface area (Å²) in [5.41, 5.74) is 0. The Morgan fingerprint density at radius 2 is 1.22 bits per heavy atom. The van der Waals surface area contributed by atoms with Gasteiger partial charge < -0.3 is 4.74 Å². The van der Waals surface area contributed by atoms with Gasteiger partial charge in [-0.05, 0) is 48.6 Å². The summed E-state index contributed by atoms with van der Waals surface area (Å²) in [5.74, 6) is -1.00. The molecule has 0 heterocycles. The lowest BCUT2D eigenvalue weighted by atomic mass is 10.1. The van der Waals surface area contributed by atoms with Crippen molar-refractivity contribution in [3.8, 4) is 0 Å². The third-order valence-corrected chi connectivity index (χ3v) is 9.50. The zero-order chi connectivity index (χ0) is 22.8. The summed E-state index contributed by atoms with van der Waals surface area (Å²) in [4.78, 5) is 21.4. The van der Waals surface area contributed by atoms with E-state index in [4.69, 9.17) is 0 Å². The molecule has 4 heteroatoms. The fraction of sp³-hybridized carbons (Fsp3) is 0.0714. The van der Waals surface area contributed by atoms with Crippen LogP contribution < -0.4 is 15.9 Å². The minimum Gasteiger partial charge on any atom is -0.493 e. The van der Waals surface area contributed by atoms with Gasteiger partial charge in [-0.25, -0.2) is 0 Å². The number of Topliss-reactive ketones (excluding diaryl/α,β-unsaturated/α-hetero) is 1. The summed E-state index contributed by atoms with van der Waals surface area (Å²) in [7, 11) is -0.314. The first-order valence-corrected chi connectivity index (χ1v) is 12.3. The molecule has 1 aliphatic carbocycles.